The van der Waals surface area contributed by atoms with Crippen LogP contribution in [0.25, 0.3) is 16.9 Å². The van der Waals surface area contributed by atoms with Crippen LogP contribution in [0.3, 0.4) is 0 Å². The van der Waals surface area contributed by atoms with Gasteiger partial charge in [0, 0.05) is 35.0 Å². The Morgan fingerprint density at radius 3 is 2.57 bits per heavy atom. The molecular formula is C26H24F3N7O. The van der Waals surface area contributed by atoms with Crippen molar-refractivity contribution in [3.63, 3.8) is 0 Å². The minimum Gasteiger partial charge on any atom is -0.367 e. The summed E-state index contributed by atoms with van der Waals surface area (Å²) in [5.74, 6) is 0.839. The van der Waals surface area contributed by atoms with Crippen molar-refractivity contribution in [3.05, 3.63) is 77.2 Å². The van der Waals surface area contributed by atoms with Crippen molar-refractivity contribution in [1.29, 1.82) is 0 Å². The predicted octanol–water partition coefficient (Wildman–Crippen LogP) is 5.38. The van der Waals surface area contributed by atoms with E-state index in [0.717, 1.165) is 24.5 Å². The number of aromatic nitrogens is 4. The van der Waals surface area contributed by atoms with Gasteiger partial charge in [-0.2, -0.15) is 23.0 Å². The number of aryl methyl sites for hydroxylation is 2. The largest absolute Gasteiger partial charge is 0.417 e. The summed E-state index contributed by atoms with van der Waals surface area (Å²) in [6.45, 7) is 3.65. The molecule has 8 nitrogen and oxygen atoms in total. The van der Waals surface area contributed by atoms with Crippen molar-refractivity contribution < 1.29 is 18.0 Å². The molecule has 1 saturated carbocycles. The summed E-state index contributed by atoms with van der Waals surface area (Å²) >= 11 is 0. The third-order valence-corrected chi connectivity index (χ3v) is 6.05. The van der Waals surface area contributed by atoms with Crippen LogP contribution in [0.1, 0.15) is 40.0 Å². The van der Waals surface area contributed by atoms with Crippen molar-refractivity contribution >= 4 is 23.2 Å². The zero-order chi connectivity index (χ0) is 26.3. The highest BCUT2D eigenvalue weighted by atomic mass is 19.4. The number of hydrogen-bond donors (Lipinski definition) is 3. The molecule has 2 aromatic carbocycles. The Kier molecular flexibility index (Phi) is 6.06. The van der Waals surface area contributed by atoms with E-state index in [2.05, 4.69) is 25.7 Å². The molecule has 4 N–H and O–H groups in total. The highest BCUT2D eigenvalue weighted by molar-refractivity contribution is 6.01. The molecule has 11 heteroatoms. The smallest absolute Gasteiger partial charge is 0.367 e. The number of nitrogens with two attached hydrogens (primary N) is 1. The lowest BCUT2D eigenvalue weighted by atomic mass is 9.92. The zero-order valence-corrected chi connectivity index (χ0v) is 20.1. The molecule has 1 aliphatic rings. The lowest BCUT2D eigenvalue weighted by Gasteiger charge is -2.18. The third-order valence-electron chi connectivity index (χ3n) is 6.05. The number of amides is 1. The van der Waals surface area contributed by atoms with E-state index in [1.54, 1.807) is 35.0 Å². The van der Waals surface area contributed by atoms with Gasteiger partial charge in [0.1, 0.15) is 18.0 Å². The lowest BCUT2D eigenvalue weighted by Crippen LogP contribution is -2.16. The molecular weight excluding hydrogens is 483 g/mol. The normalized spacial score (nSPS) is 13.4. The molecule has 1 aliphatic carbocycles. The van der Waals surface area contributed by atoms with Crippen molar-refractivity contribution in [2.75, 3.05) is 10.6 Å². The Morgan fingerprint density at radius 2 is 1.86 bits per heavy atom. The van der Waals surface area contributed by atoms with E-state index in [0.29, 0.717) is 34.9 Å². The number of halogens is 3. The summed E-state index contributed by atoms with van der Waals surface area (Å²) in [5, 5.41) is 11.1. The van der Waals surface area contributed by atoms with Gasteiger partial charge in [-0.15, -0.1) is 0 Å². The molecule has 2 aromatic heterocycles. The summed E-state index contributed by atoms with van der Waals surface area (Å²) in [6, 6.07) is 12.2. The molecule has 4 aromatic rings. The van der Waals surface area contributed by atoms with Crippen LogP contribution < -0.4 is 16.4 Å². The SMILES string of the molecule is Cc1cc(Nc2cc(-c3c(C(N)=O)cccc3C(F)(F)F)ccc2C)n(-c2cc(NC3CC3)ncn2)n1. The lowest BCUT2D eigenvalue weighted by molar-refractivity contribution is -0.137. The van der Waals surface area contributed by atoms with E-state index in [1.807, 2.05) is 13.8 Å². The average Bonchev–Trinajstić information content (AvgIpc) is 3.59. The first-order valence-corrected chi connectivity index (χ1v) is 11.6. The fraction of sp³-hybridized carbons (Fsp3) is 0.231. The van der Waals surface area contributed by atoms with Crippen LogP contribution >= 0.6 is 0 Å². The van der Waals surface area contributed by atoms with Gasteiger partial charge in [0.2, 0.25) is 5.91 Å². The number of alkyl halides is 3. The Bertz CT molecular complexity index is 1490. The second-order valence-electron chi connectivity index (χ2n) is 9.01. The summed E-state index contributed by atoms with van der Waals surface area (Å²) in [6.07, 6.45) is -1.03. The van der Waals surface area contributed by atoms with E-state index in [4.69, 9.17) is 5.73 Å². The number of nitrogens with one attached hydrogen (secondary N) is 2. The fourth-order valence-corrected chi connectivity index (χ4v) is 4.10. The quantitative estimate of drug-likeness (QED) is 0.310. The van der Waals surface area contributed by atoms with E-state index in [1.165, 1.54) is 18.5 Å². The molecule has 1 amide bonds. The highest BCUT2D eigenvalue weighted by Gasteiger charge is 2.35. The van der Waals surface area contributed by atoms with Crippen molar-refractivity contribution in [2.45, 2.75) is 38.9 Å². The maximum absolute atomic E-state index is 13.9. The van der Waals surface area contributed by atoms with E-state index >= 15 is 0 Å². The minimum atomic E-state index is -4.67. The average molecular weight is 508 g/mol. The number of nitrogens with zero attached hydrogens (tertiary/aromatic N) is 4. The summed E-state index contributed by atoms with van der Waals surface area (Å²) in [5.41, 5.74) is 6.27. The van der Waals surface area contributed by atoms with Crippen molar-refractivity contribution in [2.24, 2.45) is 5.73 Å². The minimum absolute atomic E-state index is 0.204. The Labute approximate surface area is 210 Å². The van der Waals surface area contributed by atoms with Crippen LogP contribution in [-0.2, 0) is 6.18 Å². The molecule has 0 unspecified atom stereocenters. The fourth-order valence-electron chi connectivity index (χ4n) is 4.10. The first-order valence-electron chi connectivity index (χ1n) is 11.6. The first-order chi connectivity index (χ1) is 17.6. The van der Waals surface area contributed by atoms with Crippen LogP contribution in [0.5, 0.6) is 0 Å². The second kappa shape index (κ2) is 9.23. The number of hydrogen-bond acceptors (Lipinski definition) is 6. The van der Waals surface area contributed by atoms with E-state index < -0.39 is 17.6 Å². The number of carbonyl (C=O) groups is 1. The molecule has 0 spiro atoms. The molecule has 0 radical (unpaired) electrons. The van der Waals surface area contributed by atoms with Gasteiger partial charge in [-0.3, -0.25) is 4.79 Å². The van der Waals surface area contributed by atoms with Crippen molar-refractivity contribution in [1.82, 2.24) is 19.7 Å². The predicted molar refractivity (Wildman–Crippen MR) is 134 cm³/mol. The van der Waals surface area contributed by atoms with Gasteiger partial charge in [-0.1, -0.05) is 18.2 Å². The summed E-state index contributed by atoms with van der Waals surface area (Å²) < 4.78 is 43.2. The first kappa shape index (κ1) is 24.3. The van der Waals surface area contributed by atoms with Gasteiger partial charge in [-0.25, -0.2) is 9.97 Å². The molecule has 0 atom stereocenters. The van der Waals surface area contributed by atoms with Crippen LogP contribution in [0.4, 0.5) is 30.5 Å². The van der Waals surface area contributed by atoms with Crippen LogP contribution in [0.15, 0.2) is 54.9 Å². The Balaban J connectivity index is 1.56. The Hall–Kier alpha value is -4.41. The second-order valence-corrected chi connectivity index (χ2v) is 9.01. The monoisotopic (exact) mass is 507 g/mol. The molecule has 1 fully saturated rings. The number of anilines is 3. The van der Waals surface area contributed by atoms with Crippen molar-refractivity contribution in [3.8, 4) is 16.9 Å². The Morgan fingerprint density at radius 1 is 1.08 bits per heavy atom. The van der Waals surface area contributed by atoms with Crippen LogP contribution in [0, 0.1) is 13.8 Å². The van der Waals surface area contributed by atoms with E-state index in [9.17, 15) is 18.0 Å². The maximum atomic E-state index is 13.9. The zero-order valence-electron chi connectivity index (χ0n) is 20.1. The van der Waals surface area contributed by atoms with Gasteiger partial charge in [0.05, 0.1) is 11.3 Å². The number of carbonyl (C=O) groups excluding carboxylic acids is 1. The van der Waals surface area contributed by atoms with E-state index in [-0.39, 0.29) is 16.7 Å². The van der Waals surface area contributed by atoms with Gasteiger partial charge >= 0.3 is 6.18 Å². The van der Waals surface area contributed by atoms with Gasteiger partial charge in [0.15, 0.2) is 5.82 Å². The number of benzene rings is 2. The molecule has 0 aliphatic heterocycles. The van der Waals surface area contributed by atoms with Gasteiger partial charge in [0.25, 0.3) is 0 Å². The molecule has 2 heterocycles. The molecule has 190 valence electrons. The highest BCUT2D eigenvalue weighted by Crippen LogP contribution is 2.40. The molecule has 37 heavy (non-hydrogen) atoms. The van der Waals surface area contributed by atoms with Gasteiger partial charge in [-0.05, 0) is 56.0 Å². The topological polar surface area (TPSA) is 111 Å². The van der Waals surface area contributed by atoms with Crippen LogP contribution in [-0.4, -0.2) is 31.7 Å². The number of primary amides is 1. The standard InChI is InChI=1S/C26H24F3N7O/c1-14-6-7-16(24-18(25(30)37)4-3-5-19(24)26(27,28)29)11-20(14)34-23-10-15(2)35-36(23)22-12-21(31-13-32-22)33-17-8-9-17/h3-7,10-13,17,34H,8-9H2,1-2H3,(H2,30,37)(H,31,32,33). The molecule has 0 saturated heterocycles. The summed E-state index contributed by atoms with van der Waals surface area (Å²) in [4.78, 5) is 20.6. The molecule has 5 rings (SSSR count). The number of rotatable bonds is 7. The third kappa shape index (κ3) is 5.11. The van der Waals surface area contributed by atoms with Gasteiger partial charge < -0.3 is 16.4 Å². The maximum Gasteiger partial charge on any atom is 0.417 e. The molecule has 0 bridgehead atoms. The summed E-state index contributed by atoms with van der Waals surface area (Å²) in [7, 11) is 0. The van der Waals surface area contributed by atoms with Crippen LogP contribution in [0.2, 0.25) is 0 Å².